The van der Waals surface area contributed by atoms with E-state index in [-0.39, 0.29) is 5.79 Å². The van der Waals surface area contributed by atoms with Crippen molar-refractivity contribution in [1.29, 1.82) is 0 Å². The molecule has 1 aliphatic carbocycles. The van der Waals surface area contributed by atoms with Crippen molar-refractivity contribution in [3.63, 3.8) is 0 Å². The van der Waals surface area contributed by atoms with Crippen LogP contribution < -0.4 is 0 Å². The van der Waals surface area contributed by atoms with Gasteiger partial charge in [-0.2, -0.15) is 0 Å². The first-order valence-corrected chi connectivity index (χ1v) is 7.73. The van der Waals surface area contributed by atoms with Gasteiger partial charge in [-0.3, -0.25) is 0 Å². The summed E-state index contributed by atoms with van der Waals surface area (Å²) in [7, 11) is 0. The molecule has 0 saturated carbocycles. The number of benzene rings is 1. The first kappa shape index (κ1) is 13.1. The number of fused-ring (bicyclic) bond motifs is 1. The lowest BCUT2D eigenvalue weighted by molar-refractivity contribution is -0.159. The van der Waals surface area contributed by atoms with E-state index in [1.807, 2.05) is 0 Å². The van der Waals surface area contributed by atoms with Crippen molar-refractivity contribution in [3.8, 4) is 0 Å². The van der Waals surface area contributed by atoms with Crippen LogP contribution in [-0.2, 0) is 9.47 Å². The Morgan fingerprint density at radius 3 is 2.67 bits per heavy atom. The minimum absolute atomic E-state index is 0.332. The van der Waals surface area contributed by atoms with Crippen LogP contribution in [0.4, 0.5) is 0 Å². The van der Waals surface area contributed by atoms with E-state index < -0.39 is 0 Å². The van der Waals surface area contributed by atoms with Crippen LogP contribution >= 0.6 is 0 Å². The molecule has 0 bridgehead atoms. The third-order valence-corrected chi connectivity index (χ3v) is 4.73. The average Bonchev–Trinajstić information content (AvgIpc) is 3.08. The number of hydrogen-bond acceptors (Lipinski definition) is 2. The zero-order chi connectivity index (χ0) is 14.4. The van der Waals surface area contributed by atoms with Crippen LogP contribution in [-0.4, -0.2) is 24.0 Å². The number of allylic oxidation sites excluding steroid dienone is 1. The highest BCUT2D eigenvalue weighted by Crippen LogP contribution is 2.40. The fourth-order valence-electron chi connectivity index (χ4n) is 3.67. The van der Waals surface area contributed by atoms with E-state index in [0.29, 0.717) is 0 Å². The smallest absolute Gasteiger partial charge is 0.172 e. The molecule has 1 fully saturated rings. The van der Waals surface area contributed by atoms with Gasteiger partial charge in [-0.25, -0.2) is 0 Å². The molecule has 110 valence electrons. The van der Waals surface area contributed by atoms with Crippen molar-refractivity contribution in [1.82, 2.24) is 4.98 Å². The van der Waals surface area contributed by atoms with E-state index in [0.717, 1.165) is 32.5 Å². The van der Waals surface area contributed by atoms with E-state index in [1.54, 1.807) is 0 Å². The maximum absolute atomic E-state index is 5.80. The molecule has 4 rings (SSSR count). The first-order chi connectivity index (χ1) is 10.2. The lowest BCUT2D eigenvalue weighted by Crippen LogP contribution is -2.31. The summed E-state index contributed by atoms with van der Waals surface area (Å²) in [6, 6.07) is 4.51. The Labute approximate surface area is 124 Å². The molecule has 0 unspecified atom stereocenters. The molecule has 1 saturated heterocycles. The van der Waals surface area contributed by atoms with Gasteiger partial charge in [0, 0.05) is 35.5 Å². The third-order valence-electron chi connectivity index (χ3n) is 4.73. The maximum atomic E-state index is 5.80. The summed E-state index contributed by atoms with van der Waals surface area (Å²) in [4.78, 5) is 3.44. The molecule has 2 aliphatic rings. The Morgan fingerprint density at radius 2 is 1.95 bits per heavy atom. The molecule has 2 heterocycles. The summed E-state index contributed by atoms with van der Waals surface area (Å²) in [5.74, 6) is -0.332. The molecular weight excluding hydrogens is 262 g/mol. The van der Waals surface area contributed by atoms with Crippen LogP contribution in [0.25, 0.3) is 16.5 Å². The van der Waals surface area contributed by atoms with Crippen LogP contribution in [0.2, 0.25) is 0 Å². The fourth-order valence-corrected chi connectivity index (χ4v) is 3.67. The Balaban J connectivity index is 1.73. The number of aryl methyl sites for hydroxylation is 2. The van der Waals surface area contributed by atoms with Gasteiger partial charge < -0.3 is 14.5 Å². The lowest BCUT2D eigenvalue weighted by Gasteiger charge is -2.30. The standard InChI is InChI=1S/C18H21NO2/c1-12-9-13(2)17-15(10-12)16(11-19-17)14-3-5-18(6-4-14)20-7-8-21-18/h3,9-11,19H,4-8H2,1-2H3. The number of nitrogens with one attached hydrogen (secondary N) is 1. The monoisotopic (exact) mass is 283 g/mol. The number of rotatable bonds is 1. The van der Waals surface area contributed by atoms with Crippen molar-refractivity contribution in [2.75, 3.05) is 13.2 Å². The molecule has 1 aromatic heterocycles. The minimum Gasteiger partial charge on any atom is -0.360 e. The van der Waals surface area contributed by atoms with Crippen molar-refractivity contribution < 1.29 is 9.47 Å². The minimum atomic E-state index is -0.332. The topological polar surface area (TPSA) is 34.2 Å². The van der Waals surface area contributed by atoms with Crippen molar-refractivity contribution in [3.05, 3.63) is 41.1 Å². The van der Waals surface area contributed by atoms with E-state index in [2.05, 4.69) is 43.2 Å². The number of hydrogen-bond donors (Lipinski definition) is 1. The van der Waals surface area contributed by atoms with Gasteiger partial charge in [0.25, 0.3) is 0 Å². The van der Waals surface area contributed by atoms with Gasteiger partial charge in [0.05, 0.1) is 13.2 Å². The molecule has 0 amide bonds. The predicted octanol–water partition coefficient (Wildman–Crippen LogP) is 4.10. The summed E-state index contributed by atoms with van der Waals surface area (Å²) < 4.78 is 11.6. The summed E-state index contributed by atoms with van der Waals surface area (Å²) >= 11 is 0. The number of aromatic nitrogens is 1. The van der Waals surface area contributed by atoms with Gasteiger partial charge in [0.2, 0.25) is 0 Å². The van der Waals surface area contributed by atoms with Gasteiger partial charge in [-0.15, -0.1) is 0 Å². The molecule has 3 nitrogen and oxygen atoms in total. The highest BCUT2D eigenvalue weighted by Gasteiger charge is 2.37. The van der Waals surface area contributed by atoms with Gasteiger partial charge in [0.1, 0.15) is 0 Å². The van der Waals surface area contributed by atoms with Crippen molar-refractivity contribution >= 4 is 16.5 Å². The Bertz CT molecular complexity index is 720. The zero-order valence-corrected chi connectivity index (χ0v) is 12.7. The zero-order valence-electron chi connectivity index (χ0n) is 12.7. The number of ether oxygens (including phenoxy) is 2. The Morgan fingerprint density at radius 1 is 1.14 bits per heavy atom. The van der Waals surface area contributed by atoms with E-state index in [1.165, 1.54) is 33.2 Å². The van der Waals surface area contributed by atoms with Crippen LogP contribution in [0.3, 0.4) is 0 Å². The van der Waals surface area contributed by atoms with Gasteiger partial charge in [-0.1, -0.05) is 17.7 Å². The largest absolute Gasteiger partial charge is 0.360 e. The normalized spacial score (nSPS) is 21.1. The molecule has 3 heteroatoms. The summed E-state index contributed by atoms with van der Waals surface area (Å²) in [6.45, 7) is 5.79. The number of H-pyrrole nitrogens is 1. The molecule has 1 aliphatic heterocycles. The average molecular weight is 283 g/mol. The van der Waals surface area contributed by atoms with Gasteiger partial charge in [0.15, 0.2) is 5.79 Å². The molecule has 0 radical (unpaired) electrons. The second kappa shape index (κ2) is 4.72. The highest BCUT2D eigenvalue weighted by molar-refractivity contribution is 5.94. The van der Waals surface area contributed by atoms with Crippen LogP contribution in [0, 0.1) is 13.8 Å². The van der Waals surface area contributed by atoms with Crippen molar-refractivity contribution in [2.24, 2.45) is 0 Å². The van der Waals surface area contributed by atoms with Crippen molar-refractivity contribution in [2.45, 2.75) is 38.9 Å². The molecule has 1 spiro atoms. The Hall–Kier alpha value is -1.58. The third kappa shape index (κ3) is 2.12. The van der Waals surface area contributed by atoms with E-state index in [4.69, 9.17) is 9.47 Å². The first-order valence-electron chi connectivity index (χ1n) is 7.73. The molecule has 1 aromatic carbocycles. The van der Waals surface area contributed by atoms with Gasteiger partial charge in [-0.05, 0) is 37.5 Å². The molecule has 0 atom stereocenters. The van der Waals surface area contributed by atoms with E-state index >= 15 is 0 Å². The lowest BCUT2D eigenvalue weighted by atomic mass is 9.89. The summed E-state index contributed by atoms with van der Waals surface area (Å²) in [5.41, 5.74) is 6.63. The van der Waals surface area contributed by atoms with Crippen LogP contribution in [0.5, 0.6) is 0 Å². The molecule has 1 N–H and O–H groups in total. The quantitative estimate of drug-likeness (QED) is 0.855. The highest BCUT2D eigenvalue weighted by atomic mass is 16.7. The molecular formula is C18H21NO2. The number of aromatic amines is 1. The van der Waals surface area contributed by atoms with Gasteiger partial charge >= 0.3 is 0 Å². The summed E-state index contributed by atoms with van der Waals surface area (Å²) in [5, 5.41) is 1.34. The van der Waals surface area contributed by atoms with Crippen LogP contribution in [0.15, 0.2) is 24.4 Å². The van der Waals surface area contributed by atoms with Crippen LogP contribution in [0.1, 0.15) is 36.0 Å². The maximum Gasteiger partial charge on any atom is 0.172 e. The molecule has 2 aromatic rings. The second-order valence-corrected chi connectivity index (χ2v) is 6.25. The summed E-state index contributed by atoms with van der Waals surface area (Å²) in [6.07, 6.45) is 7.28. The SMILES string of the molecule is Cc1cc(C)c2[nH]cc(C3=CCC4(CC3)OCCO4)c2c1. The fraction of sp³-hybridized carbons (Fsp3) is 0.444. The second-order valence-electron chi connectivity index (χ2n) is 6.25. The molecule has 21 heavy (non-hydrogen) atoms. The predicted molar refractivity (Wildman–Crippen MR) is 84.2 cm³/mol. The Kier molecular flexibility index (Phi) is 2.95. The van der Waals surface area contributed by atoms with E-state index in [9.17, 15) is 0 Å².